The van der Waals surface area contributed by atoms with Crippen LogP contribution in [0.2, 0.25) is 0 Å². The van der Waals surface area contributed by atoms with Crippen molar-refractivity contribution in [2.75, 3.05) is 13.2 Å². The molecule has 0 fully saturated rings. The van der Waals surface area contributed by atoms with E-state index >= 15 is 0 Å². The second-order valence-corrected chi connectivity index (χ2v) is 6.75. The van der Waals surface area contributed by atoms with Crippen molar-refractivity contribution in [3.8, 4) is 5.69 Å². The van der Waals surface area contributed by atoms with Gasteiger partial charge in [0.25, 0.3) is 5.91 Å². The van der Waals surface area contributed by atoms with Crippen molar-refractivity contribution in [2.45, 2.75) is 47.0 Å². The first-order valence-corrected chi connectivity index (χ1v) is 8.97. The highest BCUT2D eigenvalue weighted by Crippen LogP contribution is 2.29. The Morgan fingerprint density at radius 2 is 1.84 bits per heavy atom. The Morgan fingerprint density at radius 1 is 1.20 bits per heavy atom. The maximum absolute atomic E-state index is 12.5. The summed E-state index contributed by atoms with van der Waals surface area (Å²) in [5.41, 5.74) is 3.58. The Hall–Kier alpha value is -2.14. The van der Waals surface area contributed by atoms with Crippen LogP contribution in [0.3, 0.4) is 0 Å². The Morgan fingerprint density at radius 3 is 2.32 bits per heavy atom. The lowest BCUT2D eigenvalue weighted by Crippen LogP contribution is -2.37. The molecule has 0 aliphatic heterocycles. The number of hydrogen-bond donors (Lipinski definition) is 2. The normalized spacial score (nSPS) is 11.6. The number of hydrogen-bond acceptors (Lipinski definition) is 3. The highest BCUT2D eigenvalue weighted by Gasteiger charge is 2.26. The van der Waals surface area contributed by atoms with Crippen molar-refractivity contribution < 1.29 is 9.90 Å². The third-order valence-corrected chi connectivity index (χ3v) is 5.15. The van der Waals surface area contributed by atoms with Crippen LogP contribution in [0.5, 0.6) is 0 Å². The van der Waals surface area contributed by atoms with E-state index < -0.39 is 0 Å². The quantitative estimate of drug-likeness (QED) is 0.772. The molecule has 5 nitrogen and oxygen atoms in total. The summed E-state index contributed by atoms with van der Waals surface area (Å²) in [5, 5.41) is 16.8. The van der Waals surface area contributed by atoms with E-state index in [0.29, 0.717) is 18.5 Å². The molecule has 1 aromatic heterocycles. The number of benzene rings is 1. The fourth-order valence-corrected chi connectivity index (χ4v) is 3.19. The largest absolute Gasteiger partial charge is 0.396 e. The fraction of sp³-hybridized carbons (Fsp3) is 0.500. The van der Waals surface area contributed by atoms with Gasteiger partial charge in [0.15, 0.2) is 0 Å². The van der Waals surface area contributed by atoms with Crippen LogP contribution >= 0.6 is 0 Å². The minimum absolute atomic E-state index is 0.0337. The van der Waals surface area contributed by atoms with Gasteiger partial charge >= 0.3 is 0 Å². The molecular formula is C20H29N3O2. The molecule has 0 aliphatic carbocycles. The van der Waals surface area contributed by atoms with Gasteiger partial charge in [-0.15, -0.1) is 0 Å². The summed E-state index contributed by atoms with van der Waals surface area (Å²) in [6, 6.07) is 9.50. The van der Waals surface area contributed by atoms with Crippen LogP contribution in [0.15, 0.2) is 30.3 Å². The van der Waals surface area contributed by atoms with Crippen LogP contribution in [-0.4, -0.2) is 33.9 Å². The number of carbonyl (C=O) groups is 1. The SMILES string of the molecule is CCC(CC)(CCO)CNC(=O)c1ccc(-n2nc(C)cc2C)cc1. The molecule has 0 spiro atoms. The second kappa shape index (κ2) is 8.30. The molecule has 2 rings (SSSR count). The summed E-state index contributed by atoms with van der Waals surface area (Å²) in [4.78, 5) is 12.5. The number of carbonyl (C=O) groups excluding carboxylic acids is 1. The first kappa shape index (κ1) is 19.2. The van der Waals surface area contributed by atoms with Gasteiger partial charge in [-0.25, -0.2) is 4.68 Å². The summed E-state index contributed by atoms with van der Waals surface area (Å²) in [5.74, 6) is -0.0795. The summed E-state index contributed by atoms with van der Waals surface area (Å²) >= 11 is 0. The number of nitrogens with zero attached hydrogens (tertiary/aromatic N) is 2. The standard InChI is InChI=1S/C20H29N3O2/c1-5-20(6-2,11-12-24)14-21-19(25)17-7-9-18(10-8-17)23-16(4)13-15(3)22-23/h7-10,13,24H,5-6,11-12,14H2,1-4H3,(H,21,25). The third-order valence-electron chi connectivity index (χ3n) is 5.15. The molecule has 0 aliphatic rings. The number of amides is 1. The Balaban J connectivity index is 2.06. The van der Waals surface area contributed by atoms with Crippen LogP contribution in [0.4, 0.5) is 0 Å². The molecule has 0 saturated carbocycles. The molecular weight excluding hydrogens is 314 g/mol. The topological polar surface area (TPSA) is 67.2 Å². The number of nitrogens with one attached hydrogen (secondary N) is 1. The lowest BCUT2D eigenvalue weighted by atomic mass is 9.79. The summed E-state index contributed by atoms with van der Waals surface area (Å²) in [6.07, 6.45) is 2.57. The number of aliphatic hydroxyl groups excluding tert-OH is 1. The zero-order chi connectivity index (χ0) is 18.4. The Bertz CT molecular complexity index is 700. The van der Waals surface area contributed by atoms with Gasteiger partial charge < -0.3 is 10.4 Å². The van der Waals surface area contributed by atoms with Gasteiger partial charge in [-0.3, -0.25) is 4.79 Å². The molecule has 1 heterocycles. The average Bonchev–Trinajstić information content (AvgIpc) is 2.97. The van der Waals surface area contributed by atoms with Crippen molar-refractivity contribution in [2.24, 2.45) is 5.41 Å². The molecule has 2 N–H and O–H groups in total. The second-order valence-electron chi connectivity index (χ2n) is 6.75. The van der Waals surface area contributed by atoms with E-state index in [1.165, 1.54) is 0 Å². The van der Waals surface area contributed by atoms with Crippen molar-refractivity contribution in [3.63, 3.8) is 0 Å². The molecule has 0 radical (unpaired) electrons. The van der Waals surface area contributed by atoms with Crippen LogP contribution < -0.4 is 5.32 Å². The van der Waals surface area contributed by atoms with E-state index in [1.807, 2.05) is 48.9 Å². The minimum atomic E-state index is -0.0795. The molecule has 2 aromatic rings. The van der Waals surface area contributed by atoms with Gasteiger partial charge in [-0.05, 0) is 68.9 Å². The van der Waals surface area contributed by atoms with E-state index in [4.69, 9.17) is 0 Å². The van der Waals surface area contributed by atoms with Gasteiger partial charge in [0.1, 0.15) is 0 Å². The minimum Gasteiger partial charge on any atom is -0.396 e. The molecule has 1 amide bonds. The van der Waals surface area contributed by atoms with Crippen molar-refractivity contribution in [1.82, 2.24) is 15.1 Å². The van der Waals surface area contributed by atoms with E-state index in [-0.39, 0.29) is 17.9 Å². The van der Waals surface area contributed by atoms with Gasteiger partial charge in [0, 0.05) is 24.4 Å². The highest BCUT2D eigenvalue weighted by molar-refractivity contribution is 5.94. The van der Waals surface area contributed by atoms with Gasteiger partial charge in [0.05, 0.1) is 11.4 Å². The van der Waals surface area contributed by atoms with Gasteiger partial charge in [0.2, 0.25) is 0 Å². The molecule has 25 heavy (non-hydrogen) atoms. The molecule has 5 heteroatoms. The lowest BCUT2D eigenvalue weighted by Gasteiger charge is -2.31. The predicted octanol–water partition coefficient (Wildman–Crippen LogP) is 3.41. The molecule has 136 valence electrons. The average molecular weight is 343 g/mol. The maximum Gasteiger partial charge on any atom is 0.251 e. The van der Waals surface area contributed by atoms with Crippen molar-refractivity contribution >= 4 is 5.91 Å². The monoisotopic (exact) mass is 343 g/mol. The molecule has 0 atom stereocenters. The summed E-state index contributed by atoms with van der Waals surface area (Å²) in [7, 11) is 0. The smallest absolute Gasteiger partial charge is 0.251 e. The van der Waals surface area contributed by atoms with Crippen molar-refractivity contribution in [1.29, 1.82) is 0 Å². The zero-order valence-electron chi connectivity index (χ0n) is 15.7. The fourth-order valence-electron chi connectivity index (χ4n) is 3.19. The first-order valence-electron chi connectivity index (χ1n) is 8.97. The van der Waals surface area contributed by atoms with E-state index in [2.05, 4.69) is 24.3 Å². The molecule has 0 unspecified atom stereocenters. The van der Waals surface area contributed by atoms with Crippen LogP contribution in [0.1, 0.15) is 54.9 Å². The maximum atomic E-state index is 12.5. The van der Waals surface area contributed by atoms with Gasteiger partial charge in [-0.1, -0.05) is 13.8 Å². The first-order chi connectivity index (χ1) is 11.9. The van der Waals surface area contributed by atoms with Crippen LogP contribution in [0.25, 0.3) is 5.69 Å². The van der Waals surface area contributed by atoms with E-state index in [9.17, 15) is 9.90 Å². The number of rotatable bonds is 8. The van der Waals surface area contributed by atoms with Crippen LogP contribution in [0, 0.1) is 19.3 Å². The Labute approximate surface area is 150 Å². The number of aryl methyl sites for hydroxylation is 2. The van der Waals surface area contributed by atoms with Crippen molar-refractivity contribution in [3.05, 3.63) is 47.3 Å². The summed E-state index contributed by atoms with van der Waals surface area (Å²) < 4.78 is 1.87. The third kappa shape index (κ3) is 4.48. The van der Waals surface area contributed by atoms with Crippen LogP contribution in [-0.2, 0) is 0 Å². The Kier molecular flexibility index (Phi) is 6.37. The molecule has 0 bridgehead atoms. The predicted molar refractivity (Wildman–Crippen MR) is 100 cm³/mol. The summed E-state index contributed by atoms with van der Waals surface area (Å²) in [6.45, 7) is 8.92. The highest BCUT2D eigenvalue weighted by atomic mass is 16.3. The van der Waals surface area contributed by atoms with Gasteiger partial charge in [-0.2, -0.15) is 5.10 Å². The van der Waals surface area contributed by atoms with E-state index in [1.54, 1.807) is 0 Å². The molecule has 0 saturated heterocycles. The lowest BCUT2D eigenvalue weighted by molar-refractivity contribution is 0.0907. The molecule has 1 aromatic carbocycles. The van der Waals surface area contributed by atoms with E-state index in [0.717, 1.165) is 29.9 Å². The number of aromatic nitrogens is 2. The number of aliphatic hydroxyl groups is 1. The zero-order valence-corrected chi connectivity index (χ0v) is 15.7.